The summed E-state index contributed by atoms with van der Waals surface area (Å²) in [5.41, 5.74) is -0.349. The summed E-state index contributed by atoms with van der Waals surface area (Å²) in [6, 6.07) is 2.28. The monoisotopic (exact) mass is 361 g/mol. The fraction of sp³-hybridized carbons (Fsp3) is 0.737. The molecule has 0 radical (unpaired) electrons. The van der Waals surface area contributed by atoms with Crippen LogP contribution in [-0.4, -0.2) is 64.1 Å². The van der Waals surface area contributed by atoms with Crippen molar-refractivity contribution in [1.82, 2.24) is 19.6 Å². The van der Waals surface area contributed by atoms with Crippen LogP contribution in [0.3, 0.4) is 0 Å². The van der Waals surface area contributed by atoms with Crippen molar-refractivity contribution in [2.24, 2.45) is 5.41 Å². The number of hydrogen-bond acceptors (Lipinski definition) is 4. The number of nitrogens with zero attached hydrogens (tertiary/aromatic N) is 4. The standard InChI is InChI=1S/C19H31N5O2/c1-19(2,3)18(26)23-12-10-22(11-13-23)14-17(25)21-16-8-9-20-24(16)15-6-4-5-7-15/h8-9,15H,4-7,10-14H2,1-3H3,(H,21,25). The van der Waals surface area contributed by atoms with Crippen molar-refractivity contribution in [3.05, 3.63) is 12.3 Å². The molecule has 1 aromatic rings. The Labute approximate surface area is 155 Å². The van der Waals surface area contributed by atoms with Gasteiger partial charge in [-0.2, -0.15) is 5.10 Å². The summed E-state index contributed by atoms with van der Waals surface area (Å²) in [4.78, 5) is 28.8. The Hall–Kier alpha value is -1.89. The number of piperazine rings is 1. The largest absolute Gasteiger partial charge is 0.340 e. The second kappa shape index (κ2) is 7.78. The van der Waals surface area contributed by atoms with E-state index in [9.17, 15) is 9.59 Å². The van der Waals surface area contributed by atoms with E-state index in [1.807, 2.05) is 36.4 Å². The fourth-order valence-corrected chi connectivity index (χ4v) is 3.82. The van der Waals surface area contributed by atoms with Gasteiger partial charge in [-0.3, -0.25) is 14.5 Å². The highest BCUT2D eigenvalue weighted by atomic mass is 16.2. The molecular weight excluding hydrogens is 330 g/mol. The van der Waals surface area contributed by atoms with Crippen LogP contribution in [0.4, 0.5) is 5.82 Å². The summed E-state index contributed by atoms with van der Waals surface area (Å²) in [6.07, 6.45) is 6.48. The van der Waals surface area contributed by atoms with Crippen LogP contribution in [0.2, 0.25) is 0 Å². The molecule has 3 rings (SSSR count). The number of amides is 2. The van der Waals surface area contributed by atoms with Crippen LogP contribution in [0.25, 0.3) is 0 Å². The van der Waals surface area contributed by atoms with E-state index >= 15 is 0 Å². The second-order valence-corrected chi connectivity index (χ2v) is 8.47. The van der Waals surface area contributed by atoms with Gasteiger partial charge in [0.15, 0.2) is 0 Å². The molecule has 2 aliphatic rings. The first-order chi connectivity index (χ1) is 12.3. The molecule has 0 atom stereocenters. The maximum absolute atomic E-state index is 12.4. The molecule has 0 bridgehead atoms. The van der Waals surface area contributed by atoms with Gasteiger partial charge in [-0.25, -0.2) is 4.68 Å². The lowest BCUT2D eigenvalue weighted by molar-refractivity contribution is -0.141. The molecule has 2 fully saturated rings. The second-order valence-electron chi connectivity index (χ2n) is 8.47. The van der Waals surface area contributed by atoms with E-state index < -0.39 is 0 Å². The Morgan fingerprint density at radius 3 is 2.42 bits per heavy atom. The molecule has 0 aromatic carbocycles. The minimum atomic E-state index is -0.349. The molecule has 1 saturated carbocycles. The number of anilines is 1. The van der Waals surface area contributed by atoms with E-state index in [-0.39, 0.29) is 17.2 Å². The zero-order valence-electron chi connectivity index (χ0n) is 16.2. The molecule has 0 unspecified atom stereocenters. The fourth-order valence-electron chi connectivity index (χ4n) is 3.82. The van der Waals surface area contributed by atoms with Gasteiger partial charge in [0, 0.05) is 37.7 Å². The molecule has 1 aliphatic carbocycles. The predicted octanol–water partition coefficient (Wildman–Crippen LogP) is 2.13. The van der Waals surface area contributed by atoms with Gasteiger partial charge >= 0.3 is 0 Å². The highest BCUT2D eigenvalue weighted by Gasteiger charge is 2.30. The Bertz CT molecular complexity index is 635. The number of carbonyl (C=O) groups excluding carboxylic acids is 2. The van der Waals surface area contributed by atoms with E-state index in [4.69, 9.17) is 0 Å². The van der Waals surface area contributed by atoms with Crippen molar-refractivity contribution in [2.75, 3.05) is 38.0 Å². The summed E-state index contributed by atoms with van der Waals surface area (Å²) in [5, 5.41) is 7.41. The Kier molecular flexibility index (Phi) is 5.65. The first-order valence-electron chi connectivity index (χ1n) is 9.70. The SMILES string of the molecule is CC(C)(C)C(=O)N1CCN(CC(=O)Nc2ccnn2C2CCCC2)CC1. The van der Waals surface area contributed by atoms with Gasteiger partial charge in [0.25, 0.3) is 0 Å². The van der Waals surface area contributed by atoms with Crippen molar-refractivity contribution in [2.45, 2.75) is 52.5 Å². The molecule has 0 spiro atoms. The van der Waals surface area contributed by atoms with Crippen LogP contribution in [0.1, 0.15) is 52.5 Å². The summed E-state index contributed by atoms with van der Waals surface area (Å²) < 4.78 is 1.96. The number of aromatic nitrogens is 2. The Balaban J connectivity index is 1.48. The van der Waals surface area contributed by atoms with E-state index in [0.29, 0.717) is 25.7 Å². The smallest absolute Gasteiger partial charge is 0.239 e. The number of nitrogens with one attached hydrogen (secondary N) is 1. The van der Waals surface area contributed by atoms with Gasteiger partial charge in [-0.05, 0) is 12.8 Å². The highest BCUT2D eigenvalue weighted by Crippen LogP contribution is 2.31. The minimum Gasteiger partial charge on any atom is -0.340 e. The summed E-state index contributed by atoms with van der Waals surface area (Å²) in [6.45, 7) is 9.03. The number of hydrogen-bond donors (Lipinski definition) is 1. The lowest BCUT2D eigenvalue weighted by atomic mass is 9.94. The van der Waals surface area contributed by atoms with Crippen LogP contribution in [0.5, 0.6) is 0 Å². The molecular formula is C19H31N5O2. The van der Waals surface area contributed by atoms with E-state index in [1.54, 1.807) is 6.20 Å². The van der Waals surface area contributed by atoms with Crippen molar-refractivity contribution >= 4 is 17.6 Å². The van der Waals surface area contributed by atoms with Gasteiger partial charge in [0.1, 0.15) is 5.82 Å². The summed E-state index contributed by atoms with van der Waals surface area (Å²) in [5.74, 6) is 0.964. The molecule has 7 heteroatoms. The topological polar surface area (TPSA) is 70.5 Å². The van der Waals surface area contributed by atoms with Gasteiger partial charge < -0.3 is 10.2 Å². The van der Waals surface area contributed by atoms with Crippen molar-refractivity contribution in [1.29, 1.82) is 0 Å². The first kappa shape index (κ1) is 18.9. The van der Waals surface area contributed by atoms with Gasteiger partial charge in [0.2, 0.25) is 11.8 Å². The molecule has 26 heavy (non-hydrogen) atoms. The van der Waals surface area contributed by atoms with Crippen molar-refractivity contribution in [3.8, 4) is 0 Å². The molecule has 2 heterocycles. The van der Waals surface area contributed by atoms with Crippen LogP contribution >= 0.6 is 0 Å². The van der Waals surface area contributed by atoms with Crippen molar-refractivity contribution in [3.63, 3.8) is 0 Å². The van der Waals surface area contributed by atoms with E-state index in [2.05, 4.69) is 15.3 Å². The van der Waals surface area contributed by atoms with Gasteiger partial charge in [0.05, 0.1) is 18.8 Å². The number of rotatable bonds is 4. The third-order valence-electron chi connectivity index (χ3n) is 5.28. The van der Waals surface area contributed by atoms with Crippen molar-refractivity contribution < 1.29 is 9.59 Å². The van der Waals surface area contributed by atoms with E-state index in [0.717, 1.165) is 31.7 Å². The normalized spacial score (nSPS) is 19.7. The average molecular weight is 361 g/mol. The first-order valence-corrected chi connectivity index (χ1v) is 9.70. The molecule has 1 aliphatic heterocycles. The lowest BCUT2D eigenvalue weighted by Gasteiger charge is -2.37. The Morgan fingerprint density at radius 1 is 1.15 bits per heavy atom. The summed E-state index contributed by atoms with van der Waals surface area (Å²) in [7, 11) is 0. The van der Waals surface area contributed by atoms with Crippen LogP contribution in [-0.2, 0) is 9.59 Å². The summed E-state index contributed by atoms with van der Waals surface area (Å²) >= 11 is 0. The average Bonchev–Trinajstić information content (AvgIpc) is 3.25. The maximum atomic E-state index is 12.4. The lowest BCUT2D eigenvalue weighted by Crippen LogP contribution is -2.52. The third-order valence-corrected chi connectivity index (χ3v) is 5.28. The quantitative estimate of drug-likeness (QED) is 0.892. The molecule has 144 valence electrons. The number of carbonyl (C=O) groups is 2. The van der Waals surface area contributed by atoms with Gasteiger partial charge in [-0.1, -0.05) is 33.6 Å². The third kappa shape index (κ3) is 4.44. The molecule has 2 amide bonds. The zero-order valence-corrected chi connectivity index (χ0v) is 16.2. The minimum absolute atomic E-state index is 0.0136. The Morgan fingerprint density at radius 2 is 1.81 bits per heavy atom. The van der Waals surface area contributed by atoms with Crippen LogP contribution < -0.4 is 5.32 Å². The predicted molar refractivity (Wildman–Crippen MR) is 101 cm³/mol. The molecule has 7 nitrogen and oxygen atoms in total. The maximum Gasteiger partial charge on any atom is 0.239 e. The van der Waals surface area contributed by atoms with Crippen LogP contribution in [0, 0.1) is 5.41 Å². The molecule has 1 N–H and O–H groups in total. The van der Waals surface area contributed by atoms with Crippen LogP contribution in [0.15, 0.2) is 12.3 Å². The molecule has 1 saturated heterocycles. The zero-order chi connectivity index (χ0) is 18.7. The van der Waals surface area contributed by atoms with E-state index in [1.165, 1.54) is 12.8 Å². The molecule has 1 aromatic heterocycles. The highest BCUT2D eigenvalue weighted by molar-refractivity contribution is 5.91. The van der Waals surface area contributed by atoms with Gasteiger partial charge in [-0.15, -0.1) is 0 Å².